The van der Waals surface area contributed by atoms with Crippen molar-refractivity contribution in [2.45, 2.75) is 37.8 Å². The van der Waals surface area contributed by atoms with Crippen molar-refractivity contribution in [2.24, 2.45) is 0 Å². The van der Waals surface area contributed by atoms with Gasteiger partial charge in [-0.3, -0.25) is 0 Å². The molecule has 0 aliphatic rings. The quantitative estimate of drug-likeness (QED) is 0.551. The molecule has 0 nitrogen and oxygen atoms in total. The van der Waals surface area contributed by atoms with E-state index in [9.17, 15) is 22.0 Å². The standard InChI is InChI=1S/C12H13F5S/c1-4-18-10-6-8(3)7(2)5-9(10)11(13,14)12(15,16)17/h5-6H,4H2,1-3H3. The normalized spacial score (nSPS) is 12.9. The number of hydrogen-bond donors (Lipinski definition) is 0. The Bertz CT molecular complexity index is 437. The van der Waals surface area contributed by atoms with E-state index < -0.39 is 17.7 Å². The second-order valence-electron chi connectivity index (χ2n) is 3.94. The molecule has 18 heavy (non-hydrogen) atoms. The van der Waals surface area contributed by atoms with E-state index in [-0.39, 0.29) is 4.90 Å². The van der Waals surface area contributed by atoms with Gasteiger partial charge >= 0.3 is 12.1 Å². The minimum atomic E-state index is -5.57. The smallest absolute Gasteiger partial charge is 0.191 e. The Morgan fingerprint density at radius 3 is 1.94 bits per heavy atom. The fourth-order valence-corrected chi connectivity index (χ4v) is 2.38. The van der Waals surface area contributed by atoms with Gasteiger partial charge in [0.15, 0.2) is 0 Å². The van der Waals surface area contributed by atoms with Gasteiger partial charge in [0.05, 0.1) is 0 Å². The van der Waals surface area contributed by atoms with E-state index in [1.165, 1.54) is 13.0 Å². The number of aryl methyl sites for hydroxylation is 2. The van der Waals surface area contributed by atoms with Crippen molar-refractivity contribution < 1.29 is 22.0 Å². The van der Waals surface area contributed by atoms with Gasteiger partial charge in [-0.15, -0.1) is 11.8 Å². The van der Waals surface area contributed by atoms with Crippen molar-refractivity contribution in [3.05, 3.63) is 28.8 Å². The van der Waals surface area contributed by atoms with Gasteiger partial charge in [0, 0.05) is 10.5 Å². The maximum atomic E-state index is 13.4. The molecule has 0 N–H and O–H groups in total. The molecule has 0 radical (unpaired) electrons. The first-order valence-electron chi connectivity index (χ1n) is 5.30. The molecule has 0 saturated heterocycles. The first-order chi connectivity index (χ1) is 8.11. The lowest BCUT2D eigenvalue weighted by Gasteiger charge is -2.23. The fraction of sp³-hybridized carbons (Fsp3) is 0.500. The van der Waals surface area contributed by atoms with E-state index in [2.05, 4.69) is 0 Å². The Hall–Kier alpha value is -0.780. The van der Waals surface area contributed by atoms with Crippen molar-refractivity contribution in [1.82, 2.24) is 0 Å². The summed E-state index contributed by atoms with van der Waals surface area (Å²) >= 11 is 0.988. The molecule has 0 amide bonds. The number of hydrogen-bond acceptors (Lipinski definition) is 1. The summed E-state index contributed by atoms with van der Waals surface area (Å²) in [5, 5.41) is 0. The van der Waals surface area contributed by atoms with Crippen LogP contribution in [0.25, 0.3) is 0 Å². The molecule has 0 heterocycles. The largest absolute Gasteiger partial charge is 0.458 e. The van der Waals surface area contributed by atoms with Gasteiger partial charge in [0.2, 0.25) is 0 Å². The first-order valence-corrected chi connectivity index (χ1v) is 6.29. The number of rotatable bonds is 3. The van der Waals surface area contributed by atoms with Crippen LogP contribution in [0.4, 0.5) is 22.0 Å². The lowest BCUT2D eigenvalue weighted by atomic mass is 10.0. The Morgan fingerprint density at radius 1 is 1.00 bits per heavy atom. The molecule has 6 heteroatoms. The van der Waals surface area contributed by atoms with Crippen molar-refractivity contribution >= 4 is 11.8 Å². The maximum Gasteiger partial charge on any atom is 0.458 e. The summed E-state index contributed by atoms with van der Waals surface area (Å²) in [5.41, 5.74) is 0.173. The van der Waals surface area contributed by atoms with Crippen LogP contribution in [0, 0.1) is 13.8 Å². The zero-order valence-electron chi connectivity index (χ0n) is 10.2. The minimum absolute atomic E-state index is 0.0112. The minimum Gasteiger partial charge on any atom is -0.191 e. The van der Waals surface area contributed by atoms with Gasteiger partial charge in [0.1, 0.15) is 0 Å². The summed E-state index contributed by atoms with van der Waals surface area (Å²) in [5.74, 6) is -4.38. The van der Waals surface area contributed by atoms with Crippen LogP contribution < -0.4 is 0 Å². The summed E-state index contributed by atoms with van der Waals surface area (Å²) in [6, 6.07) is 2.32. The lowest BCUT2D eigenvalue weighted by Crippen LogP contribution is -2.34. The maximum absolute atomic E-state index is 13.4. The van der Waals surface area contributed by atoms with Crippen LogP contribution in [0.3, 0.4) is 0 Å². The number of halogens is 5. The summed E-state index contributed by atoms with van der Waals surface area (Å²) in [6.45, 7) is 4.91. The summed E-state index contributed by atoms with van der Waals surface area (Å²) in [6.07, 6.45) is -5.57. The molecule has 0 aliphatic carbocycles. The SMILES string of the molecule is CCSc1cc(C)c(C)cc1C(F)(F)C(F)(F)F. The molecule has 1 aromatic carbocycles. The molecular formula is C12H13F5S. The molecule has 0 saturated carbocycles. The summed E-state index contributed by atoms with van der Waals surface area (Å²) < 4.78 is 64.1. The third kappa shape index (κ3) is 2.79. The zero-order valence-corrected chi connectivity index (χ0v) is 11.0. The van der Waals surface area contributed by atoms with E-state index in [0.717, 1.165) is 17.8 Å². The predicted octanol–water partition coefficient (Wildman–Crippen LogP) is 5.07. The van der Waals surface area contributed by atoms with Gasteiger partial charge < -0.3 is 0 Å². The first kappa shape index (κ1) is 15.3. The number of thioether (sulfide) groups is 1. The van der Waals surface area contributed by atoms with Crippen molar-refractivity contribution in [1.29, 1.82) is 0 Å². The highest BCUT2D eigenvalue weighted by Crippen LogP contribution is 2.47. The third-order valence-corrected chi connectivity index (χ3v) is 3.53. The van der Waals surface area contributed by atoms with Crippen LogP contribution in [0.5, 0.6) is 0 Å². The second-order valence-corrected chi connectivity index (χ2v) is 5.24. The predicted molar refractivity (Wildman–Crippen MR) is 62.3 cm³/mol. The van der Waals surface area contributed by atoms with Crippen LogP contribution in [-0.2, 0) is 5.92 Å². The molecule has 0 bridgehead atoms. The van der Waals surface area contributed by atoms with Crippen LogP contribution in [0.1, 0.15) is 23.6 Å². The molecule has 0 spiro atoms. The molecular weight excluding hydrogens is 271 g/mol. The highest BCUT2D eigenvalue weighted by Gasteiger charge is 2.59. The fourth-order valence-electron chi connectivity index (χ4n) is 1.46. The molecule has 0 aliphatic heterocycles. The van der Waals surface area contributed by atoms with Gasteiger partial charge in [-0.2, -0.15) is 22.0 Å². The molecule has 0 fully saturated rings. The molecule has 1 aromatic rings. The monoisotopic (exact) mass is 284 g/mol. The third-order valence-electron chi connectivity index (χ3n) is 2.59. The molecule has 0 aromatic heterocycles. The molecule has 1 rings (SSSR count). The highest BCUT2D eigenvalue weighted by molar-refractivity contribution is 7.99. The lowest BCUT2D eigenvalue weighted by molar-refractivity contribution is -0.290. The Balaban J connectivity index is 3.43. The summed E-state index contributed by atoms with van der Waals surface area (Å²) in [4.78, 5) is -0.0112. The topological polar surface area (TPSA) is 0 Å². The number of alkyl halides is 5. The van der Waals surface area contributed by atoms with Crippen LogP contribution in [0.2, 0.25) is 0 Å². The molecule has 0 atom stereocenters. The van der Waals surface area contributed by atoms with Crippen LogP contribution in [0.15, 0.2) is 17.0 Å². The van der Waals surface area contributed by atoms with E-state index in [0.29, 0.717) is 16.9 Å². The van der Waals surface area contributed by atoms with Gasteiger partial charge in [-0.1, -0.05) is 6.92 Å². The van der Waals surface area contributed by atoms with Crippen LogP contribution in [-0.4, -0.2) is 11.9 Å². The zero-order chi connectivity index (χ0) is 14.1. The van der Waals surface area contributed by atoms with Gasteiger partial charge in [-0.05, 0) is 42.9 Å². The van der Waals surface area contributed by atoms with Crippen molar-refractivity contribution in [3.63, 3.8) is 0 Å². The van der Waals surface area contributed by atoms with Crippen molar-refractivity contribution in [3.8, 4) is 0 Å². The summed E-state index contributed by atoms with van der Waals surface area (Å²) in [7, 11) is 0. The van der Waals surface area contributed by atoms with E-state index in [4.69, 9.17) is 0 Å². The number of benzene rings is 1. The second kappa shape index (κ2) is 5.07. The molecule has 0 unspecified atom stereocenters. The average Bonchev–Trinajstić information content (AvgIpc) is 2.21. The Labute approximate surface area is 107 Å². The van der Waals surface area contributed by atoms with E-state index in [1.54, 1.807) is 13.8 Å². The van der Waals surface area contributed by atoms with Gasteiger partial charge in [0.25, 0.3) is 0 Å². The van der Waals surface area contributed by atoms with E-state index in [1.807, 2.05) is 0 Å². The Kier molecular flexibility index (Phi) is 4.30. The van der Waals surface area contributed by atoms with Crippen molar-refractivity contribution in [2.75, 3.05) is 5.75 Å². The highest BCUT2D eigenvalue weighted by atomic mass is 32.2. The average molecular weight is 284 g/mol. The van der Waals surface area contributed by atoms with E-state index >= 15 is 0 Å². The Morgan fingerprint density at radius 2 is 1.50 bits per heavy atom. The van der Waals surface area contributed by atoms with Gasteiger partial charge in [-0.25, -0.2) is 0 Å². The molecule has 102 valence electrons. The van der Waals surface area contributed by atoms with Crippen LogP contribution >= 0.6 is 11.8 Å².